The van der Waals surface area contributed by atoms with Crippen LogP contribution in [-0.2, 0) is 9.59 Å². The molecule has 5 nitrogen and oxygen atoms in total. The average molecular weight is 251 g/mol. The van der Waals surface area contributed by atoms with E-state index in [1.54, 1.807) is 0 Å². The van der Waals surface area contributed by atoms with E-state index < -0.39 is 0 Å². The second-order valence-corrected chi connectivity index (χ2v) is 5.59. The number of imide groups is 1. The minimum Gasteiger partial charge on any atom is -0.305 e. The average Bonchev–Trinajstić information content (AvgIpc) is 2.33. The molecule has 1 aliphatic rings. The Labute approximate surface area is 108 Å². The number of nitrogens with zero attached hydrogens (tertiary/aromatic N) is 2. The van der Waals surface area contributed by atoms with E-state index in [-0.39, 0.29) is 23.3 Å². The minimum absolute atomic E-state index is 0.0178. The highest BCUT2D eigenvalue weighted by atomic mass is 16.2. The first-order valence-corrected chi connectivity index (χ1v) is 6.28. The van der Waals surface area contributed by atoms with E-state index in [0.717, 1.165) is 6.42 Å². The smallest absolute Gasteiger partial charge is 0.246 e. The van der Waals surface area contributed by atoms with E-state index in [2.05, 4.69) is 25.2 Å². The van der Waals surface area contributed by atoms with Gasteiger partial charge >= 0.3 is 0 Å². The number of nitriles is 1. The molecule has 1 aliphatic heterocycles. The summed E-state index contributed by atoms with van der Waals surface area (Å²) < 4.78 is 0. The molecule has 1 atom stereocenters. The molecule has 1 unspecified atom stereocenters. The second kappa shape index (κ2) is 5.96. The molecular weight excluding hydrogens is 230 g/mol. The number of hydrogen-bond donors (Lipinski definition) is 1. The summed E-state index contributed by atoms with van der Waals surface area (Å²) in [6.07, 6.45) is 2.30. The van der Waals surface area contributed by atoms with Crippen molar-refractivity contribution in [1.29, 1.82) is 5.26 Å². The molecule has 5 heteroatoms. The third-order valence-corrected chi connectivity index (χ3v) is 3.39. The predicted molar refractivity (Wildman–Crippen MR) is 67.4 cm³/mol. The quantitative estimate of drug-likeness (QED) is 0.741. The number of likely N-dealkylation sites (tertiary alicyclic amines) is 1. The predicted octanol–water partition coefficient (Wildman–Crippen LogP) is 1.05. The molecule has 0 aromatic heterocycles. The van der Waals surface area contributed by atoms with Crippen molar-refractivity contribution in [2.24, 2.45) is 5.41 Å². The van der Waals surface area contributed by atoms with E-state index in [9.17, 15) is 9.59 Å². The fourth-order valence-electron chi connectivity index (χ4n) is 1.99. The van der Waals surface area contributed by atoms with Gasteiger partial charge in [-0.15, -0.1) is 0 Å². The SMILES string of the molecule is CN1C(=O)CCC(NCC(C)(C)CCC#N)C1=O. The van der Waals surface area contributed by atoms with Crippen LogP contribution in [0.3, 0.4) is 0 Å². The molecule has 1 heterocycles. The maximum absolute atomic E-state index is 11.9. The number of carbonyl (C=O) groups is 2. The van der Waals surface area contributed by atoms with Crippen molar-refractivity contribution in [3.8, 4) is 6.07 Å². The maximum atomic E-state index is 11.9. The summed E-state index contributed by atoms with van der Waals surface area (Å²) in [7, 11) is 1.53. The van der Waals surface area contributed by atoms with Crippen molar-refractivity contribution in [1.82, 2.24) is 10.2 Å². The maximum Gasteiger partial charge on any atom is 0.246 e. The van der Waals surface area contributed by atoms with E-state index >= 15 is 0 Å². The molecule has 0 aliphatic carbocycles. The van der Waals surface area contributed by atoms with Gasteiger partial charge in [0.1, 0.15) is 0 Å². The fourth-order valence-corrected chi connectivity index (χ4v) is 1.99. The molecule has 2 amide bonds. The highest BCUT2D eigenvalue weighted by Gasteiger charge is 2.32. The second-order valence-electron chi connectivity index (χ2n) is 5.59. The highest BCUT2D eigenvalue weighted by molar-refractivity contribution is 6.00. The Hall–Kier alpha value is -1.41. The van der Waals surface area contributed by atoms with Gasteiger partial charge in [0.15, 0.2) is 0 Å². The Morgan fingerprint density at radius 3 is 2.78 bits per heavy atom. The van der Waals surface area contributed by atoms with Crippen LogP contribution in [0, 0.1) is 16.7 Å². The molecule has 0 radical (unpaired) electrons. The first-order valence-electron chi connectivity index (χ1n) is 6.28. The van der Waals surface area contributed by atoms with Crippen molar-refractivity contribution < 1.29 is 9.59 Å². The van der Waals surface area contributed by atoms with Crippen molar-refractivity contribution >= 4 is 11.8 Å². The van der Waals surface area contributed by atoms with Gasteiger partial charge in [-0.25, -0.2) is 0 Å². The summed E-state index contributed by atoms with van der Waals surface area (Å²) in [5.74, 6) is -0.260. The van der Waals surface area contributed by atoms with Crippen LogP contribution >= 0.6 is 0 Å². The molecular formula is C13H21N3O2. The topological polar surface area (TPSA) is 73.2 Å². The van der Waals surface area contributed by atoms with E-state index in [1.165, 1.54) is 11.9 Å². The molecule has 100 valence electrons. The standard InChI is InChI=1S/C13H21N3O2/c1-13(2,7-4-8-14)9-15-10-5-6-11(17)16(3)12(10)18/h10,15H,4-7,9H2,1-3H3. The zero-order chi connectivity index (χ0) is 13.8. The van der Waals surface area contributed by atoms with Crippen LogP contribution in [-0.4, -0.2) is 36.3 Å². The minimum atomic E-state index is -0.269. The van der Waals surface area contributed by atoms with Crippen LogP contribution < -0.4 is 5.32 Å². The first kappa shape index (κ1) is 14.7. The Balaban J connectivity index is 2.46. The van der Waals surface area contributed by atoms with Gasteiger partial charge in [-0.1, -0.05) is 13.8 Å². The number of amides is 2. The Morgan fingerprint density at radius 1 is 1.50 bits per heavy atom. The van der Waals surface area contributed by atoms with Gasteiger partial charge in [-0.2, -0.15) is 5.26 Å². The van der Waals surface area contributed by atoms with Crippen LogP contribution in [0.2, 0.25) is 0 Å². The molecule has 0 aromatic rings. The first-order chi connectivity index (χ1) is 8.37. The fraction of sp³-hybridized carbons (Fsp3) is 0.769. The number of rotatable bonds is 5. The van der Waals surface area contributed by atoms with Crippen LogP contribution in [0.5, 0.6) is 0 Å². The lowest BCUT2D eigenvalue weighted by atomic mass is 9.87. The zero-order valence-electron chi connectivity index (χ0n) is 11.3. The number of nitrogens with one attached hydrogen (secondary N) is 1. The van der Waals surface area contributed by atoms with Crippen LogP contribution in [0.1, 0.15) is 39.5 Å². The molecule has 0 bridgehead atoms. The Morgan fingerprint density at radius 2 is 2.17 bits per heavy atom. The van der Waals surface area contributed by atoms with Crippen molar-refractivity contribution in [2.45, 2.75) is 45.6 Å². The molecule has 0 saturated carbocycles. The molecule has 1 rings (SSSR count). The van der Waals surface area contributed by atoms with Crippen molar-refractivity contribution in [3.63, 3.8) is 0 Å². The molecule has 1 saturated heterocycles. The Bertz CT molecular complexity index is 371. The number of piperidine rings is 1. The number of carbonyl (C=O) groups excluding carboxylic acids is 2. The summed E-state index contributed by atoms with van der Waals surface area (Å²) in [5.41, 5.74) is -0.0178. The van der Waals surface area contributed by atoms with Crippen molar-refractivity contribution in [2.75, 3.05) is 13.6 Å². The lowest BCUT2D eigenvalue weighted by molar-refractivity contribution is -0.148. The van der Waals surface area contributed by atoms with E-state index in [4.69, 9.17) is 5.26 Å². The summed E-state index contributed by atoms with van der Waals surface area (Å²) in [5, 5.41) is 11.8. The summed E-state index contributed by atoms with van der Waals surface area (Å²) >= 11 is 0. The third-order valence-electron chi connectivity index (χ3n) is 3.39. The van der Waals surface area contributed by atoms with Crippen LogP contribution in [0.4, 0.5) is 0 Å². The molecule has 0 aromatic carbocycles. The molecule has 1 N–H and O–H groups in total. The lowest BCUT2D eigenvalue weighted by Gasteiger charge is -2.31. The zero-order valence-corrected chi connectivity index (χ0v) is 11.3. The summed E-state index contributed by atoms with van der Waals surface area (Å²) in [6, 6.07) is 1.87. The largest absolute Gasteiger partial charge is 0.305 e. The molecule has 18 heavy (non-hydrogen) atoms. The molecule has 1 fully saturated rings. The van der Waals surface area contributed by atoms with Gasteiger partial charge in [-0.05, 0) is 18.3 Å². The molecule has 0 spiro atoms. The number of hydrogen-bond acceptors (Lipinski definition) is 4. The van der Waals surface area contributed by atoms with Gasteiger partial charge in [-0.3, -0.25) is 14.5 Å². The van der Waals surface area contributed by atoms with Gasteiger partial charge < -0.3 is 5.32 Å². The number of likely N-dealkylation sites (N-methyl/N-ethyl adjacent to an activating group) is 1. The monoisotopic (exact) mass is 251 g/mol. The van der Waals surface area contributed by atoms with E-state index in [1.807, 2.05) is 0 Å². The van der Waals surface area contributed by atoms with Crippen LogP contribution in [0.25, 0.3) is 0 Å². The van der Waals surface area contributed by atoms with Crippen LogP contribution in [0.15, 0.2) is 0 Å². The highest BCUT2D eigenvalue weighted by Crippen LogP contribution is 2.22. The lowest BCUT2D eigenvalue weighted by Crippen LogP contribution is -2.53. The normalized spacial score (nSPS) is 21.0. The van der Waals surface area contributed by atoms with Gasteiger partial charge in [0, 0.05) is 26.4 Å². The van der Waals surface area contributed by atoms with Gasteiger partial charge in [0.25, 0.3) is 0 Å². The third kappa shape index (κ3) is 3.81. The van der Waals surface area contributed by atoms with Crippen molar-refractivity contribution in [3.05, 3.63) is 0 Å². The summed E-state index contributed by atoms with van der Waals surface area (Å²) in [6.45, 7) is 4.81. The van der Waals surface area contributed by atoms with Gasteiger partial charge in [0.05, 0.1) is 12.1 Å². The van der Waals surface area contributed by atoms with Gasteiger partial charge in [0.2, 0.25) is 11.8 Å². The summed E-state index contributed by atoms with van der Waals surface area (Å²) in [4.78, 5) is 24.4. The van der Waals surface area contributed by atoms with E-state index in [0.29, 0.717) is 25.8 Å². The Kier molecular flexibility index (Phi) is 4.85.